The van der Waals surface area contributed by atoms with Crippen LogP contribution in [-0.4, -0.2) is 20.6 Å². The summed E-state index contributed by atoms with van der Waals surface area (Å²) in [5.41, 5.74) is 0.667. The summed E-state index contributed by atoms with van der Waals surface area (Å²) < 4.78 is 39.0. The third-order valence-corrected chi connectivity index (χ3v) is 4.86. The zero-order valence-electron chi connectivity index (χ0n) is 10.8. The molecule has 0 spiro atoms. The molecule has 0 fully saturated rings. The molecule has 1 N–H and O–H groups in total. The Labute approximate surface area is 117 Å². The predicted octanol–water partition coefficient (Wildman–Crippen LogP) is 2.14. The first-order valence-electron chi connectivity index (χ1n) is 5.90. The lowest BCUT2D eigenvalue weighted by Gasteiger charge is -2.20. The van der Waals surface area contributed by atoms with Gasteiger partial charge in [-0.15, -0.1) is 0 Å². The van der Waals surface area contributed by atoms with Crippen LogP contribution in [0, 0.1) is 5.82 Å². The van der Waals surface area contributed by atoms with Crippen LogP contribution in [0.1, 0.15) is 5.56 Å². The Balaban J connectivity index is 2.46. The molecule has 6 heteroatoms. The molecule has 2 aromatic carbocycles. The van der Waals surface area contributed by atoms with E-state index in [9.17, 15) is 17.9 Å². The molecule has 4 nitrogen and oxygen atoms in total. The second kappa shape index (κ2) is 5.60. The van der Waals surface area contributed by atoms with Crippen molar-refractivity contribution in [1.82, 2.24) is 0 Å². The molecule has 20 heavy (non-hydrogen) atoms. The molecule has 0 aliphatic heterocycles. The summed E-state index contributed by atoms with van der Waals surface area (Å²) in [4.78, 5) is 0.0364. The fourth-order valence-electron chi connectivity index (χ4n) is 1.82. The van der Waals surface area contributed by atoms with Gasteiger partial charge in [-0.3, -0.25) is 4.31 Å². The Morgan fingerprint density at radius 3 is 2.30 bits per heavy atom. The van der Waals surface area contributed by atoms with Crippen molar-refractivity contribution in [3.8, 4) is 0 Å². The van der Waals surface area contributed by atoms with Crippen LogP contribution in [-0.2, 0) is 16.6 Å². The zero-order chi connectivity index (χ0) is 14.8. The lowest BCUT2D eigenvalue weighted by atomic mass is 10.2. The molecule has 0 aromatic heterocycles. The lowest BCUT2D eigenvalue weighted by molar-refractivity contribution is 0.278. The Kier molecular flexibility index (Phi) is 4.06. The van der Waals surface area contributed by atoms with Crippen LogP contribution in [0.4, 0.5) is 10.1 Å². The first-order chi connectivity index (χ1) is 9.46. The Hall–Kier alpha value is -1.92. The normalized spacial score (nSPS) is 11.3. The van der Waals surface area contributed by atoms with E-state index in [0.717, 1.165) is 4.31 Å². The Morgan fingerprint density at radius 2 is 1.70 bits per heavy atom. The van der Waals surface area contributed by atoms with Gasteiger partial charge in [-0.1, -0.05) is 18.2 Å². The van der Waals surface area contributed by atoms with E-state index in [-0.39, 0.29) is 11.5 Å². The van der Waals surface area contributed by atoms with Gasteiger partial charge >= 0.3 is 0 Å². The minimum Gasteiger partial charge on any atom is -0.392 e. The van der Waals surface area contributed by atoms with Gasteiger partial charge < -0.3 is 5.11 Å². The summed E-state index contributed by atoms with van der Waals surface area (Å²) in [5.74, 6) is -0.435. The molecule has 0 saturated carbocycles. The number of aliphatic hydroxyl groups excluding tert-OH is 1. The van der Waals surface area contributed by atoms with Crippen molar-refractivity contribution in [2.24, 2.45) is 0 Å². The topological polar surface area (TPSA) is 57.6 Å². The quantitative estimate of drug-likeness (QED) is 0.940. The second-order valence-electron chi connectivity index (χ2n) is 4.21. The molecule has 0 radical (unpaired) electrons. The molecular weight excluding hydrogens is 281 g/mol. The number of hydrogen-bond acceptors (Lipinski definition) is 3. The van der Waals surface area contributed by atoms with Gasteiger partial charge in [0.25, 0.3) is 10.0 Å². The molecule has 0 aliphatic rings. The molecule has 0 amide bonds. The first-order valence-corrected chi connectivity index (χ1v) is 7.34. The van der Waals surface area contributed by atoms with E-state index < -0.39 is 15.8 Å². The van der Waals surface area contributed by atoms with Crippen molar-refractivity contribution in [2.75, 3.05) is 11.4 Å². The van der Waals surface area contributed by atoms with Crippen molar-refractivity contribution in [3.63, 3.8) is 0 Å². The van der Waals surface area contributed by atoms with E-state index >= 15 is 0 Å². The first kappa shape index (κ1) is 14.5. The van der Waals surface area contributed by atoms with Gasteiger partial charge in [0.1, 0.15) is 5.82 Å². The van der Waals surface area contributed by atoms with Gasteiger partial charge in [0, 0.05) is 7.05 Å². The van der Waals surface area contributed by atoms with Gasteiger partial charge in [-0.05, 0) is 35.9 Å². The largest absolute Gasteiger partial charge is 0.392 e. The summed E-state index contributed by atoms with van der Waals surface area (Å²) in [6, 6.07) is 11.4. The smallest absolute Gasteiger partial charge is 0.264 e. The number of nitrogens with zero attached hydrogens (tertiary/aromatic N) is 1. The summed E-state index contributed by atoms with van der Waals surface area (Å²) in [6.45, 7) is -0.368. The summed E-state index contributed by atoms with van der Waals surface area (Å²) >= 11 is 0. The number of aliphatic hydroxyl groups is 1. The Morgan fingerprint density at radius 1 is 1.10 bits per heavy atom. The molecule has 0 saturated heterocycles. The lowest BCUT2D eigenvalue weighted by Crippen LogP contribution is -2.27. The standard InChI is InChI=1S/C14H14FNO3S/c1-16(13-8-6-12(15)7-9-13)20(18,19)14-5-3-2-4-11(14)10-17/h2-9,17H,10H2,1H3. The molecule has 0 atom stereocenters. The van der Waals surface area contributed by atoms with Gasteiger partial charge in [-0.2, -0.15) is 0 Å². The minimum absolute atomic E-state index is 0.0364. The van der Waals surface area contributed by atoms with E-state index in [1.165, 1.54) is 37.4 Å². The molecule has 0 heterocycles. The number of anilines is 1. The SMILES string of the molecule is CN(c1ccc(F)cc1)S(=O)(=O)c1ccccc1CO. The van der Waals surface area contributed by atoms with Crippen molar-refractivity contribution in [3.05, 3.63) is 59.9 Å². The fraction of sp³-hybridized carbons (Fsp3) is 0.143. The molecule has 0 aliphatic carbocycles. The van der Waals surface area contributed by atoms with E-state index in [1.807, 2.05) is 0 Å². The van der Waals surface area contributed by atoms with E-state index in [4.69, 9.17) is 0 Å². The summed E-state index contributed by atoms with van der Waals surface area (Å²) in [5, 5.41) is 9.24. The van der Waals surface area contributed by atoms with Gasteiger partial charge in [0.05, 0.1) is 17.2 Å². The van der Waals surface area contributed by atoms with Crippen LogP contribution in [0.2, 0.25) is 0 Å². The number of rotatable bonds is 4. The number of halogens is 1. The predicted molar refractivity (Wildman–Crippen MR) is 74.4 cm³/mol. The molecular formula is C14H14FNO3S. The van der Waals surface area contributed by atoms with Crippen LogP contribution in [0.25, 0.3) is 0 Å². The van der Waals surface area contributed by atoms with Crippen molar-refractivity contribution in [2.45, 2.75) is 11.5 Å². The fourth-order valence-corrected chi connectivity index (χ4v) is 3.23. The van der Waals surface area contributed by atoms with Crippen LogP contribution >= 0.6 is 0 Å². The van der Waals surface area contributed by atoms with E-state index in [0.29, 0.717) is 11.3 Å². The number of benzene rings is 2. The molecule has 2 aromatic rings. The summed E-state index contributed by atoms with van der Waals surface area (Å²) in [6.07, 6.45) is 0. The number of hydrogen-bond donors (Lipinski definition) is 1. The van der Waals surface area contributed by atoms with Crippen LogP contribution in [0.5, 0.6) is 0 Å². The van der Waals surface area contributed by atoms with Crippen LogP contribution < -0.4 is 4.31 Å². The average Bonchev–Trinajstić information content (AvgIpc) is 2.47. The van der Waals surface area contributed by atoms with Crippen molar-refractivity contribution >= 4 is 15.7 Å². The van der Waals surface area contributed by atoms with E-state index in [2.05, 4.69) is 0 Å². The third kappa shape index (κ3) is 2.66. The second-order valence-corrected chi connectivity index (χ2v) is 6.15. The van der Waals surface area contributed by atoms with Gasteiger partial charge in [0.2, 0.25) is 0 Å². The molecule has 2 rings (SSSR count). The van der Waals surface area contributed by atoms with E-state index in [1.54, 1.807) is 18.2 Å². The average molecular weight is 295 g/mol. The third-order valence-electron chi connectivity index (χ3n) is 2.97. The van der Waals surface area contributed by atoms with Crippen molar-refractivity contribution in [1.29, 1.82) is 0 Å². The maximum atomic E-state index is 12.9. The number of sulfonamides is 1. The highest BCUT2D eigenvalue weighted by atomic mass is 32.2. The van der Waals surface area contributed by atoms with Gasteiger partial charge in [-0.25, -0.2) is 12.8 Å². The highest BCUT2D eigenvalue weighted by Gasteiger charge is 2.23. The highest BCUT2D eigenvalue weighted by molar-refractivity contribution is 7.92. The van der Waals surface area contributed by atoms with Crippen LogP contribution in [0.3, 0.4) is 0 Å². The van der Waals surface area contributed by atoms with Gasteiger partial charge in [0.15, 0.2) is 0 Å². The zero-order valence-corrected chi connectivity index (χ0v) is 11.6. The maximum Gasteiger partial charge on any atom is 0.264 e. The van der Waals surface area contributed by atoms with Crippen molar-refractivity contribution < 1.29 is 17.9 Å². The monoisotopic (exact) mass is 295 g/mol. The van der Waals surface area contributed by atoms with Crippen LogP contribution in [0.15, 0.2) is 53.4 Å². The molecule has 0 bridgehead atoms. The highest BCUT2D eigenvalue weighted by Crippen LogP contribution is 2.24. The molecule has 0 unspecified atom stereocenters. The maximum absolute atomic E-state index is 12.9. The Bertz CT molecular complexity index is 699. The minimum atomic E-state index is -3.80. The molecule has 106 valence electrons. The summed E-state index contributed by atoms with van der Waals surface area (Å²) in [7, 11) is -2.41.